The summed E-state index contributed by atoms with van der Waals surface area (Å²) < 4.78 is 6.12. The van der Waals surface area contributed by atoms with E-state index in [9.17, 15) is 0 Å². The molecule has 2 N–H and O–H groups in total. The predicted molar refractivity (Wildman–Crippen MR) is 143 cm³/mol. The molecule has 0 amide bonds. The third kappa shape index (κ3) is 9.47. The molecule has 0 bridgehead atoms. The standard InChI is InChI=1S/C24H36N4OS.HI/c1-20(22-11-16-30-19-22)17-27-24(25-2)26-12-6-15-29-23-9-13-28(14-10-23)18-21-7-4-3-5-8-21;/h3-5,7-8,11,16,19-20,23H,6,9-10,12-15,17-18H2,1-2H3,(H2,25,26,27);1H. The molecule has 1 unspecified atom stereocenters. The van der Waals surface area contributed by atoms with Gasteiger partial charge < -0.3 is 15.4 Å². The Morgan fingerprint density at radius 1 is 1.19 bits per heavy atom. The van der Waals surface area contributed by atoms with Gasteiger partial charge in [-0.15, -0.1) is 24.0 Å². The average Bonchev–Trinajstić information content (AvgIpc) is 3.32. The van der Waals surface area contributed by atoms with Gasteiger partial charge in [-0.3, -0.25) is 9.89 Å². The lowest BCUT2D eigenvalue weighted by molar-refractivity contribution is 0.00534. The van der Waals surface area contributed by atoms with Crippen molar-refractivity contribution in [3.8, 4) is 0 Å². The molecule has 1 aromatic heterocycles. The minimum absolute atomic E-state index is 0. The van der Waals surface area contributed by atoms with Crippen LogP contribution in [0.2, 0.25) is 0 Å². The van der Waals surface area contributed by atoms with Crippen molar-refractivity contribution in [3.05, 3.63) is 58.3 Å². The molecular weight excluding hydrogens is 519 g/mol. The van der Waals surface area contributed by atoms with Gasteiger partial charge in [0.25, 0.3) is 0 Å². The molecule has 31 heavy (non-hydrogen) atoms. The summed E-state index contributed by atoms with van der Waals surface area (Å²) in [5, 5.41) is 11.2. The summed E-state index contributed by atoms with van der Waals surface area (Å²) >= 11 is 1.75. The molecule has 1 atom stereocenters. The number of halogens is 1. The number of benzene rings is 1. The van der Waals surface area contributed by atoms with E-state index in [0.717, 1.165) is 64.6 Å². The highest BCUT2D eigenvalue weighted by Gasteiger charge is 2.19. The maximum atomic E-state index is 6.12. The third-order valence-corrected chi connectivity index (χ3v) is 6.36. The summed E-state index contributed by atoms with van der Waals surface area (Å²) in [6, 6.07) is 12.9. The molecule has 0 aliphatic carbocycles. The highest BCUT2D eigenvalue weighted by Crippen LogP contribution is 2.17. The normalized spacial score (nSPS) is 16.5. The van der Waals surface area contributed by atoms with Crippen LogP contribution in [-0.4, -0.2) is 56.8 Å². The third-order valence-electron chi connectivity index (χ3n) is 5.66. The fourth-order valence-electron chi connectivity index (χ4n) is 3.75. The second kappa shape index (κ2) is 14.8. The van der Waals surface area contributed by atoms with Crippen molar-refractivity contribution in [2.45, 2.75) is 44.8 Å². The number of guanidine groups is 1. The molecule has 0 spiro atoms. The summed E-state index contributed by atoms with van der Waals surface area (Å²) in [4.78, 5) is 6.85. The van der Waals surface area contributed by atoms with Gasteiger partial charge in [0.15, 0.2) is 5.96 Å². The molecule has 172 valence electrons. The van der Waals surface area contributed by atoms with E-state index in [2.05, 4.69) is 74.6 Å². The molecule has 0 radical (unpaired) electrons. The number of ether oxygens (including phenoxy) is 1. The Balaban J connectivity index is 0.00000341. The van der Waals surface area contributed by atoms with Crippen LogP contribution >= 0.6 is 35.3 Å². The van der Waals surface area contributed by atoms with E-state index in [1.165, 1.54) is 11.1 Å². The molecule has 1 aliphatic heterocycles. The van der Waals surface area contributed by atoms with Gasteiger partial charge >= 0.3 is 0 Å². The fraction of sp³-hybridized carbons (Fsp3) is 0.542. The van der Waals surface area contributed by atoms with Crippen molar-refractivity contribution in [3.63, 3.8) is 0 Å². The quantitative estimate of drug-likeness (QED) is 0.193. The van der Waals surface area contributed by atoms with Crippen molar-refractivity contribution in [1.29, 1.82) is 0 Å². The second-order valence-electron chi connectivity index (χ2n) is 8.02. The van der Waals surface area contributed by atoms with E-state index in [1.54, 1.807) is 11.3 Å². The van der Waals surface area contributed by atoms with Crippen LogP contribution in [0.5, 0.6) is 0 Å². The Labute approximate surface area is 208 Å². The van der Waals surface area contributed by atoms with E-state index < -0.39 is 0 Å². The lowest BCUT2D eigenvalue weighted by Gasteiger charge is -2.32. The van der Waals surface area contributed by atoms with E-state index >= 15 is 0 Å². The minimum atomic E-state index is 0. The van der Waals surface area contributed by atoms with Crippen LogP contribution in [0, 0.1) is 0 Å². The lowest BCUT2D eigenvalue weighted by Crippen LogP contribution is -2.40. The summed E-state index contributed by atoms with van der Waals surface area (Å²) in [5.74, 6) is 1.34. The van der Waals surface area contributed by atoms with Gasteiger partial charge in [0.2, 0.25) is 0 Å². The van der Waals surface area contributed by atoms with Crippen LogP contribution in [0.15, 0.2) is 52.2 Å². The Kier molecular flexibility index (Phi) is 12.5. The number of hydrogen-bond donors (Lipinski definition) is 2. The van der Waals surface area contributed by atoms with Gasteiger partial charge in [-0.2, -0.15) is 11.3 Å². The highest BCUT2D eigenvalue weighted by molar-refractivity contribution is 14.0. The molecule has 1 fully saturated rings. The zero-order chi connectivity index (χ0) is 21.0. The number of likely N-dealkylation sites (tertiary alicyclic amines) is 1. The number of thiophene rings is 1. The number of rotatable bonds is 10. The summed E-state index contributed by atoms with van der Waals surface area (Å²) in [5.41, 5.74) is 2.78. The van der Waals surface area contributed by atoms with E-state index in [4.69, 9.17) is 4.74 Å². The number of nitrogens with zero attached hydrogens (tertiary/aromatic N) is 2. The van der Waals surface area contributed by atoms with Crippen LogP contribution in [0.25, 0.3) is 0 Å². The Bertz CT molecular complexity index is 733. The predicted octanol–water partition coefficient (Wildman–Crippen LogP) is 4.71. The van der Waals surface area contributed by atoms with Crippen LogP contribution in [0.1, 0.15) is 43.2 Å². The second-order valence-corrected chi connectivity index (χ2v) is 8.80. The smallest absolute Gasteiger partial charge is 0.190 e. The Morgan fingerprint density at radius 2 is 1.97 bits per heavy atom. The molecule has 5 nitrogen and oxygen atoms in total. The van der Waals surface area contributed by atoms with Gasteiger partial charge in [-0.05, 0) is 53.1 Å². The number of hydrogen-bond acceptors (Lipinski definition) is 4. The van der Waals surface area contributed by atoms with Gasteiger partial charge in [0.1, 0.15) is 0 Å². The van der Waals surface area contributed by atoms with Gasteiger partial charge in [-0.25, -0.2) is 0 Å². The first kappa shape index (κ1) is 26.1. The lowest BCUT2D eigenvalue weighted by atomic mass is 10.1. The minimum Gasteiger partial charge on any atom is -0.378 e. The first-order valence-corrected chi connectivity index (χ1v) is 12.0. The molecular formula is C24H37IN4OS. The van der Waals surface area contributed by atoms with E-state index in [0.29, 0.717) is 12.0 Å². The molecule has 7 heteroatoms. The number of nitrogens with one attached hydrogen (secondary N) is 2. The Hall–Kier alpha value is -1.16. The number of piperidine rings is 1. The molecule has 0 saturated carbocycles. The van der Waals surface area contributed by atoms with Crippen LogP contribution in [0.4, 0.5) is 0 Å². The average molecular weight is 557 g/mol. The maximum Gasteiger partial charge on any atom is 0.190 e. The summed E-state index contributed by atoms with van der Waals surface area (Å²) in [6.45, 7) is 8.09. The molecule has 1 saturated heterocycles. The maximum absolute atomic E-state index is 6.12. The van der Waals surface area contributed by atoms with Crippen molar-refractivity contribution in [2.24, 2.45) is 4.99 Å². The van der Waals surface area contributed by atoms with Gasteiger partial charge in [0, 0.05) is 46.4 Å². The largest absolute Gasteiger partial charge is 0.378 e. The SMILES string of the molecule is CN=C(NCCCOC1CCN(Cc2ccccc2)CC1)NCC(C)c1ccsc1.I. The molecule has 3 rings (SSSR count). The summed E-state index contributed by atoms with van der Waals surface area (Å²) in [6.07, 6.45) is 3.65. The summed E-state index contributed by atoms with van der Waals surface area (Å²) in [7, 11) is 1.82. The molecule has 1 aromatic carbocycles. The monoisotopic (exact) mass is 556 g/mol. The van der Waals surface area contributed by atoms with E-state index in [-0.39, 0.29) is 24.0 Å². The first-order valence-electron chi connectivity index (χ1n) is 11.1. The van der Waals surface area contributed by atoms with Crippen molar-refractivity contribution in [2.75, 3.05) is 39.8 Å². The zero-order valence-electron chi connectivity index (χ0n) is 18.8. The van der Waals surface area contributed by atoms with Crippen molar-refractivity contribution >= 4 is 41.3 Å². The van der Waals surface area contributed by atoms with E-state index in [1.807, 2.05) is 7.05 Å². The van der Waals surface area contributed by atoms with Gasteiger partial charge in [0.05, 0.1) is 6.10 Å². The van der Waals surface area contributed by atoms with Crippen LogP contribution in [0.3, 0.4) is 0 Å². The van der Waals surface area contributed by atoms with Crippen molar-refractivity contribution in [1.82, 2.24) is 15.5 Å². The van der Waals surface area contributed by atoms with Gasteiger partial charge in [-0.1, -0.05) is 37.3 Å². The number of aliphatic imine (C=N–C) groups is 1. The zero-order valence-corrected chi connectivity index (χ0v) is 21.9. The molecule has 2 aromatic rings. The van der Waals surface area contributed by atoms with Crippen molar-refractivity contribution < 1.29 is 4.74 Å². The molecule has 2 heterocycles. The van der Waals surface area contributed by atoms with Crippen LogP contribution in [-0.2, 0) is 11.3 Å². The first-order chi connectivity index (χ1) is 14.7. The fourth-order valence-corrected chi connectivity index (χ4v) is 4.53. The topological polar surface area (TPSA) is 48.9 Å². The molecule has 1 aliphatic rings. The highest BCUT2D eigenvalue weighted by atomic mass is 127. The Morgan fingerprint density at radius 3 is 2.65 bits per heavy atom. The van der Waals surface area contributed by atoms with Crippen LogP contribution < -0.4 is 10.6 Å².